The van der Waals surface area contributed by atoms with Crippen LogP contribution in [-0.4, -0.2) is 66.5 Å². The summed E-state index contributed by atoms with van der Waals surface area (Å²) >= 11 is 0. The van der Waals surface area contributed by atoms with E-state index in [1.807, 2.05) is 34.6 Å². The largest absolute Gasteiger partial charge is 0.371 e. The molecule has 2 bridgehead atoms. The number of aromatic nitrogens is 7. The first-order valence-electron chi connectivity index (χ1n) is 12.6. The van der Waals surface area contributed by atoms with Gasteiger partial charge in [0.25, 0.3) is 0 Å². The SMILES string of the molecule is Cc1n[nH]c(C)c1-c1cc(N2CC3CCC(C2)O3)nc2c(-c3ccnn3C3CCCCO3)cnn12. The van der Waals surface area contributed by atoms with E-state index in [0.717, 1.165) is 97.2 Å². The summed E-state index contributed by atoms with van der Waals surface area (Å²) in [5.41, 5.74) is 6.75. The zero-order valence-corrected chi connectivity index (χ0v) is 20.1. The number of rotatable bonds is 4. The van der Waals surface area contributed by atoms with Gasteiger partial charge in [0.1, 0.15) is 5.82 Å². The first-order valence-corrected chi connectivity index (χ1v) is 12.6. The zero-order chi connectivity index (χ0) is 23.5. The van der Waals surface area contributed by atoms with Crippen molar-refractivity contribution in [3.63, 3.8) is 0 Å². The summed E-state index contributed by atoms with van der Waals surface area (Å²) in [5, 5.41) is 17.0. The van der Waals surface area contributed by atoms with Crippen LogP contribution in [-0.2, 0) is 9.47 Å². The lowest BCUT2D eigenvalue weighted by Crippen LogP contribution is -2.43. The van der Waals surface area contributed by atoms with Gasteiger partial charge in [0.15, 0.2) is 11.9 Å². The van der Waals surface area contributed by atoms with Gasteiger partial charge in [0.2, 0.25) is 0 Å². The second kappa shape index (κ2) is 8.17. The summed E-state index contributed by atoms with van der Waals surface area (Å²) in [5.74, 6) is 0.953. The number of nitrogens with one attached hydrogen (secondary N) is 1. The number of aromatic amines is 1. The Bertz CT molecular complexity index is 1350. The number of aryl methyl sites for hydroxylation is 2. The van der Waals surface area contributed by atoms with Crippen molar-refractivity contribution in [3.8, 4) is 22.5 Å². The molecule has 10 nitrogen and oxygen atoms in total. The molecule has 0 aromatic carbocycles. The van der Waals surface area contributed by atoms with E-state index in [0.29, 0.717) is 0 Å². The fraction of sp³-hybridized carbons (Fsp3) is 0.520. The summed E-state index contributed by atoms with van der Waals surface area (Å²) in [7, 11) is 0. The van der Waals surface area contributed by atoms with Gasteiger partial charge < -0.3 is 14.4 Å². The van der Waals surface area contributed by atoms with Crippen LogP contribution in [0.2, 0.25) is 0 Å². The molecule has 3 saturated heterocycles. The molecule has 7 heterocycles. The van der Waals surface area contributed by atoms with E-state index >= 15 is 0 Å². The second-order valence-corrected chi connectivity index (χ2v) is 9.95. The molecule has 1 N–H and O–H groups in total. The van der Waals surface area contributed by atoms with Crippen LogP contribution in [0.1, 0.15) is 49.7 Å². The molecular weight excluding hydrogens is 444 g/mol. The lowest BCUT2D eigenvalue weighted by atomic mass is 10.1. The standard InChI is InChI=1S/C25H30N8O2/c1-15-24(16(2)30-29-15)21-11-22(31-13-17-6-7-18(14-31)35-17)28-25-19(12-27-33(21)25)20-8-9-26-32(20)23-5-3-4-10-34-23/h8-9,11-12,17-18,23H,3-7,10,13-14H2,1-2H3,(H,29,30). The Hall–Kier alpha value is -3.24. The Balaban J connectivity index is 1.40. The molecule has 0 amide bonds. The monoisotopic (exact) mass is 474 g/mol. The third kappa shape index (κ3) is 3.46. The van der Waals surface area contributed by atoms with Crippen molar-refractivity contribution in [1.82, 2.24) is 34.6 Å². The van der Waals surface area contributed by atoms with Gasteiger partial charge in [-0.2, -0.15) is 15.3 Å². The fourth-order valence-corrected chi connectivity index (χ4v) is 5.87. The number of H-pyrrole nitrogens is 1. The lowest BCUT2D eigenvalue weighted by molar-refractivity contribution is -0.0383. The molecule has 10 heteroatoms. The summed E-state index contributed by atoms with van der Waals surface area (Å²) in [4.78, 5) is 7.56. The van der Waals surface area contributed by atoms with Gasteiger partial charge in [-0.05, 0) is 52.0 Å². The number of anilines is 1. The van der Waals surface area contributed by atoms with Gasteiger partial charge >= 0.3 is 0 Å². The van der Waals surface area contributed by atoms with Crippen molar-refractivity contribution in [3.05, 3.63) is 35.9 Å². The Kier molecular flexibility index (Phi) is 4.92. The van der Waals surface area contributed by atoms with Crippen LogP contribution in [0.25, 0.3) is 28.2 Å². The van der Waals surface area contributed by atoms with Gasteiger partial charge in [0.05, 0.1) is 41.1 Å². The maximum absolute atomic E-state index is 6.10. The van der Waals surface area contributed by atoms with Crippen molar-refractivity contribution < 1.29 is 9.47 Å². The van der Waals surface area contributed by atoms with Gasteiger partial charge in [-0.1, -0.05) is 0 Å². The Morgan fingerprint density at radius 3 is 2.63 bits per heavy atom. The quantitative estimate of drug-likeness (QED) is 0.482. The molecule has 0 spiro atoms. The Morgan fingerprint density at radius 2 is 1.89 bits per heavy atom. The summed E-state index contributed by atoms with van der Waals surface area (Å²) in [6.07, 6.45) is 9.69. The average molecular weight is 475 g/mol. The summed E-state index contributed by atoms with van der Waals surface area (Å²) in [6.45, 7) is 6.57. The van der Waals surface area contributed by atoms with Crippen molar-refractivity contribution in [2.45, 2.75) is 64.4 Å². The molecule has 3 aliphatic heterocycles. The normalized spacial score (nSPS) is 24.5. The Morgan fingerprint density at radius 1 is 1.03 bits per heavy atom. The topological polar surface area (TPSA) is 98.4 Å². The molecule has 0 saturated carbocycles. The van der Waals surface area contributed by atoms with Crippen molar-refractivity contribution >= 4 is 11.5 Å². The fourth-order valence-electron chi connectivity index (χ4n) is 5.87. The van der Waals surface area contributed by atoms with Crippen molar-refractivity contribution in [2.24, 2.45) is 0 Å². The van der Waals surface area contributed by atoms with Gasteiger partial charge in [-0.25, -0.2) is 14.2 Å². The maximum Gasteiger partial charge on any atom is 0.167 e. The van der Waals surface area contributed by atoms with E-state index in [-0.39, 0.29) is 18.4 Å². The second-order valence-electron chi connectivity index (χ2n) is 9.95. The van der Waals surface area contributed by atoms with Crippen LogP contribution < -0.4 is 4.90 Å². The van der Waals surface area contributed by atoms with Crippen LogP contribution >= 0.6 is 0 Å². The Labute approximate surface area is 203 Å². The van der Waals surface area contributed by atoms with Gasteiger partial charge in [-0.15, -0.1) is 0 Å². The molecule has 3 fully saturated rings. The van der Waals surface area contributed by atoms with Gasteiger partial charge in [0, 0.05) is 43.2 Å². The number of fused-ring (bicyclic) bond motifs is 3. The molecule has 4 aromatic heterocycles. The molecule has 3 unspecified atom stereocenters. The predicted molar refractivity (Wildman–Crippen MR) is 130 cm³/mol. The highest BCUT2D eigenvalue weighted by atomic mass is 16.5. The third-order valence-corrected chi connectivity index (χ3v) is 7.58. The van der Waals surface area contributed by atoms with E-state index in [4.69, 9.17) is 19.6 Å². The molecule has 7 rings (SSSR count). The lowest BCUT2D eigenvalue weighted by Gasteiger charge is -2.33. The van der Waals surface area contributed by atoms with Crippen molar-refractivity contribution in [2.75, 3.05) is 24.6 Å². The number of nitrogens with zero attached hydrogens (tertiary/aromatic N) is 7. The minimum Gasteiger partial charge on any atom is -0.371 e. The number of hydrogen-bond donors (Lipinski definition) is 1. The number of ether oxygens (including phenoxy) is 2. The molecule has 182 valence electrons. The molecule has 4 aromatic rings. The smallest absolute Gasteiger partial charge is 0.167 e. The highest BCUT2D eigenvalue weighted by Crippen LogP contribution is 2.36. The maximum atomic E-state index is 6.10. The highest BCUT2D eigenvalue weighted by molar-refractivity contribution is 5.80. The zero-order valence-electron chi connectivity index (χ0n) is 20.1. The first kappa shape index (κ1) is 21.1. The summed E-state index contributed by atoms with van der Waals surface area (Å²) in [6, 6.07) is 4.19. The van der Waals surface area contributed by atoms with Crippen molar-refractivity contribution in [1.29, 1.82) is 0 Å². The van der Waals surface area contributed by atoms with E-state index < -0.39 is 0 Å². The minimum absolute atomic E-state index is 0.0559. The van der Waals surface area contributed by atoms with E-state index in [2.05, 4.69) is 33.2 Å². The number of hydrogen-bond acceptors (Lipinski definition) is 7. The third-order valence-electron chi connectivity index (χ3n) is 7.58. The van der Waals surface area contributed by atoms with Crippen LogP contribution in [0, 0.1) is 13.8 Å². The highest BCUT2D eigenvalue weighted by Gasteiger charge is 2.35. The van der Waals surface area contributed by atoms with E-state index in [1.165, 1.54) is 0 Å². The molecule has 3 atom stereocenters. The molecule has 3 aliphatic rings. The van der Waals surface area contributed by atoms with Crippen LogP contribution in [0.3, 0.4) is 0 Å². The van der Waals surface area contributed by atoms with E-state index in [1.54, 1.807) is 0 Å². The summed E-state index contributed by atoms with van der Waals surface area (Å²) < 4.78 is 16.1. The predicted octanol–water partition coefficient (Wildman–Crippen LogP) is 3.67. The average Bonchev–Trinajstić information content (AvgIpc) is 3.66. The van der Waals surface area contributed by atoms with E-state index in [9.17, 15) is 0 Å². The molecular formula is C25H30N8O2. The van der Waals surface area contributed by atoms with Crippen LogP contribution in [0.5, 0.6) is 0 Å². The van der Waals surface area contributed by atoms with Crippen LogP contribution in [0.4, 0.5) is 5.82 Å². The first-order chi connectivity index (χ1) is 17.2. The number of morpholine rings is 1. The molecule has 35 heavy (non-hydrogen) atoms. The minimum atomic E-state index is -0.0559. The van der Waals surface area contributed by atoms with Gasteiger partial charge in [-0.3, -0.25) is 5.10 Å². The molecule has 0 radical (unpaired) electrons. The molecule has 0 aliphatic carbocycles. The van der Waals surface area contributed by atoms with Crippen LogP contribution in [0.15, 0.2) is 24.5 Å².